The van der Waals surface area contributed by atoms with E-state index in [1.54, 1.807) is 11.3 Å². The third-order valence-corrected chi connectivity index (χ3v) is 4.88. The molecule has 0 saturated heterocycles. The van der Waals surface area contributed by atoms with Crippen molar-refractivity contribution >= 4 is 11.3 Å². The number of hydrogen-bond donors (Lipinski definition) is 1. The molecule has 18 heavy (non-hydrogen) atoms. The van der Waals surface area contributed by atoms with Gasteiger partial charge in [-0.05, 0) is 30.6 Å². The van der Waals surface area contributed by atoms with Crippen LogP contribution in [0.25, 0.3) is 0 Å². The Hall–Kier alpha value is 0.694. The minimum Gasteiger partial charge on any atom is -0.396 e. The van der Waals surface area contributed by atoms with Crippen LogP contribution in [0.3, 0.4) is 0 Å². The quantitative estimate of drug-likeness (QED) is 0.783. The molecule has 0 amide bonds. The average molecular weight is 345 g/mol. The van der Waals surface area contributed by atoms with Crippen molar-refractivity contribution in [2.75, 3.05) is 6.61 Å². The van der Waals surface area contributed by atoms with Crippen LogP contribution in [0.2, 0.25) is 0 Å². The van der Waals surface area contributed by atoms with Crippen molar-refractivity contribution < 1.29 is 42.2 Å². The molecule has 1 fully saturated rings. The van der Waals surface area contributed by atoms with Gasteiger partial charge in [0.2, 0.25) is 1.43 Å². The molecule has 0 aliphatic heterocycles. The van der Waals surface area contributed by atoms with Crippen LogP contribution in [-0.2, 0) is 39.1 Å². The summed E-state index contributed by atoms with van der Waals surface area (Å²) in [5.41, 5.74) is 0. The second kappa shape index (κ2) is 8.09. The van der Waals surface area contributed by atoms with E-state index >= 15 is 0 Å². The van der Waals surface area contributed by atoms with Crippen LogP contribution >= 0.6 is 11.3 Å². The van der Waals surface area contributed by atoms with Gasteiger partial charge in [-0.1, -0.05) is 19.8 Å². The summed E-state index contributed by atoms with van der Waals surface area (Å²) in [5.74, 6) is 0.632. The summed E-state index contributed by atoms with van der Waals surface area (Å²) in [6.45, 7) is 2.45. The van der Waals surface area contributed by atoms with Crippen LogP contribution < -0.4 is 0 Å². The molecule has 1 saturated carbocycles. The molecule has 1 radical (unpaired) electrons. The molecule has 4 heteroatoms. The van der Waals surface area contributed by atoms with Gasteiger partial charge in [-0.15, -0.1) is 10.3 Å². The van der Waals surface area contributed by atoms with Crippen LogP contribution in [0, 0.1) is 23.1 Å². The molecular weight excluding hydrogens is 324 g/mol. The van der Waals surface area contributed by atoms with Gasteiger partial charge in [0, 0.05) is 39.3 Å². The van der Waals surface area contributed by atoms with Crippen molar-refractivity contribution in [1.82, 2.24) is 0 Å². The summed E-state index contributed by atoms with van der Waals surface area (Å²) in [6.07, 6.45) is 2.85. The van der Waals surface area contributed by atoms with E-state index in [0.717, 1.165) is 19.3 Å². The zero-order chi connectivity index (χ0) is 13.0. The monoisotopic (exact) mass is 345 g/mol. The van der Waals surface area contributed by atoms with Crippen molar-refractivity contribution in [1.29, 1.82) is 1.43 Å². The predicted octanol–water partition coefficient (Wildman–Crippen LogP) is 3.47. The molecule has 0 unspecified atom stereocenters. The Morgan fingerprint density at radius 3 is 3.11 bits per heavy atom. The van der Waals surface area contributed by atoms with Crippen LogP contribution in [-0.4, -0.2) is 19.3 Å². The maximum Gasteiger partial charge on any atom is 0.210 e. The molecule has 1 nitrogen and oxygen atoms in total. The van der Waals surface area contributed by atoms with E-state index in [2.05, 4.69) is 23.5 Å². The van der Waals surface area contributed by atoms with Gasteiger partial charge in [0.15, 0.2) is 0 Å². The third kappa shape index (κ3) is 4.09. The molecule has 1 aromatic rings. The zero-order valence-electron chi connectivity index (χ0n) is 11.8. The largest absolute Gasteiger partial charge is 0.396 e. The maximum atomic E-state index is 14.0. The minimum absolute atomic E-state index is 0. The van der Waals surface area contributed by atoms with E-state index in [0.29, 0.717) is 18.9 Å². The molecule has 1 aliphatic rings. The van der Waals surface area contributed by atoms with Crippen LogP contribution in [0.4, 0.5) is 4.39 Å². The van der Waals surface area contributed by atoms with E-state index in [4.69, 9.17) is 1.43 Å². The second-order valence-corrected chi connectivity index (χ2v) is 6.10. The topological polar surface area (TPSA) is 20.2 Å². The average Bonchev–Trinajstić information content (AvgIpc) is 2.92. The first-order chi connectivity index (χ1) is 8.72. The fourth-order valence-corrected chi connectivity index (χ4v) is 3.66. The Kier molecular flexibility index (Phi) is 6.78. The van der Waals surface area contributed by atoms with Crippen molar-refractivity contribution in [2.45, 2.75) is 38.8 Å². The molecule has 0 spiro atoms. The number of aliphatic hydroxyl groups is 1. The fraction of sp³-hybridized carbons (Fsp3) is 0.714. The van der Waals surface area contributed by atoms with Crippen molar-refractivity contribution in [3.63, 3.8) is 0 Å². The summed E-state index contributed by atoms with van der Waals surface area (Å²) in [6, 6.07) is 4.02. The number of aryl methyl sites for hydroxylation is 1. The fourth-order valence-electron chi connectivity index (χ4n) is 2.99. The normalized spacial score (nSPS) is 32.0. The van der Waals surface area contributed by atoms with E-state index in [9.17, 15) is 4.39 Å². The van der Waals surface area contributed by atoms with Gasteiger partial charge in [0.25, 0.3) is 0 Å². The summed E-state index contributed by atoms with van der Waals surface area (Å²) >= 11 is 1.64. The molecule has 1 aromatic heterocycles. The number of aliphatic hydroxyl groups excluding tert-OH is 1. The summed E-state index contributed by atoms with van der Waals surface area (Å²) in [7, 11) is 0. The smallest absolute Gasteiger partial charge is 0.210 e. The Bertz CT molecular complexity index is 349. The first kappa shape index (κ1) is 15.1. The zero-order valence-corrected chi connectivity index (χ0v) is 14.4. The molecule has 0 bridgehead atoms. The Balaban J connectivity index is 0.00000180. The molecule has 99 valence electrons. The molecule has 4 atom stereocenters. The summed E-state index contributed by atoms with van der Waals surface area (Å²) in [4.78, 5) is 1.32. The number of rotatable bonds is 6. The van der Waals surface area contributed by atoms with E-state index in [1.165, 1.54) is 4.88 Å². The number of hydrogen-bond acceptors (Lipinski definition) is 2. The summed E-state index contributed by atoms with van der Waals surface area (Å²) < 4.78 is 20.8. The van der Waals surface area contributed by atoms with Gasteiger partial charge in [-0.2, -0.15) is 6.07 Å². The van der Waals surface area contributed by atoms with E-state index in [1.807, 2.05) is 6.07 Å². The second-order valence-electron chi connectivity index (χ2n) is 5.14. The molecule has 1 heterocycles. The number of thiophene rings is 1. The van der Waals surface area contributed by atoms with Crippen LogP contribution in [0.1, 0.15) is 31.1 Å². The van der Waals surface area contributed by atoms with Crippen molar-refractivity contribution in [3.8, 4) is 0 Å². The number of alkyl halides is 1. The SMILES string of the molecule is [2H]OC[C@@H]1[C@@H](CCCc2cc[c-]s2)[C@H](F)C[C@H]1C.[Y]. The molecule has 0 aromatic carbocycles. The molecule has 2 rings (SSSR count). The van der Waals surface area contributed by atoms with Gasteiger partial charge >= 0.3 is 0 Å². The Labute approximate surface area is 140 Å². The van der Waals surface area contributed by atoms with Crippen LogP contribution in [0.15, 0.2) is 12.1 Å². The van der Waals surface area contributed by atoms with Crippen LogP contribution in [0.5, 0.6) is 0 Å². The maximum absolute atomic E-state index is 14.0. The van der Waals surface area contributed by atoms with Gasteiger partial charge < -0.3 is 16.4 Å². The number of halogens is 1. The third-order valence-electron chi connectivity index (χ3n) is 4.02. The van der Waals surface area contributed by atoms with E-state index < -0.39 is 6.17 Å². The predicted molar refractivity (Wildman–Crippen MR) is 68.8 cm³/mol. The molecule has 1 aliphatic carbocycles. The standard InChI is InChI=1S/C14H20FOS.Y/c1-10-8-14(15)12(13(10)9-16)6-2-4-11-5-3-7-17-11;/h3,5,10,12-14,16H,2,4,6,8-9H2,1H3;/q-1;/t10-,12-,13+,14-;/m1./s1/i16D;. The van der Waals surface area contributed by atoms with Crippen molar-refractivity contribution in [2.24, 2.45) is 17.8 Å². The Morgan fingerprint density at radius 1 is 1.61 bits per heavy atom. The van der Waals surface area contributed by atoms with Gasteiger partial charge in [0.05, 0.1) is 0 Å². The minimum atomic E-state index is -0.713. The Morgan fingerprint density at radius 2 is 2.44 bits per heavy atom. The summed E-state index contributed by atoms with van der Waals surface area (Å²) in [5, 5.41) is 7.58. The first-order valence-electron chi connectivity index (χ1n) is 6.80. The van der Waals surface area contributed by atoms with Gasteiger partial charge in [-0.3, -0.25) is 0 Å². The van der Waals surface area contributed by atoms with Gasteiger partial charge in [-0.25, -0.2) is 10.5 Å². The first-order valence-corrected chi connectivity index (χ1v) is 7.21. The van der Waals surface area contributed by atoms with Gasteiger partial charge in [0.1, 0.15) is 6.17 Å². The molecular formula is C14H20FOSY-. The van der Waals surface area contributed by atoms with E-state index in [-0.39, 0.29) is 44.5 Å². The molecule has 1 N–H and O–H groups in total. The van der Waals surface area contributed by atoms with Crippen molar-refractivity contribution in [3.05, 3.63) is 22.4 Å².